The Kier molecular flexibility index (Phi) is 4.92. The van der Waals surface area contributed by atoms with Crippen LogP contribution in [-0.2, 0) is 6.54 Å². The van der Waals surface area contributed by atoms with Gasteiger partial charge in [-0.05, 0) is 48.4 Å². The van der Waals surface area contributed by atoms with Crippen LogP contribution in [0.2, 0.25) is 0 Å². The van der Waals surface area contributed by atoms with Crippen LogP contribution >= 0.6 is 0 Å². The standard InChI is InChI=1S/C18H31N3/c1-13(2)16-9-14(11-19-6)10-17(20-16)21-8-7-15(12-21)18(3,4)5/h9-10,13,15,19H,7-8,11-12H2,1-6H3. The summed E-state index contributed by atoms with van der Waals surface area (Å²) in [6, 6.07) is 4.50. The van der Waals surface area contributed by atoms with Gasteiger partial charge in [0.1, 0.15) is 5.82 Å². The molecule has 2 heterocycles. The monoisotopic (exact) mass is 289 g/mol. The Balaban J connectivity index is 2.23. The number of aromatic nitrogens is 1. The summed E-state index contributed by atoms with van der Waals surface area (Å²) >= 11 is 0. The van der Waals surface area contributed by atoms with Crippen molar-refractivity contribution in [1.82, 2.24) is 10.3 Å². The van der Waals surface area contributed by atoms with Gasteiger partial charge in [-0.15, -0.1) is 0 Å². The normalized spacial score (nSPS) is 19.6. The van der Waals surface area contributed by atoms with E-state index in [1.807, 2.05) is 7.05 Å². The average Bonchev–Trinajstić information content (AvgIpc) is 2.88. The van der Waals surface area contributed by atoms with E-state index in [0.717, 1.165) is 25.6 Å². The number of pyridine rings is 1. The van der Waals surface area contributed by atoms with Gasteiger partial charge < -0.3 is 10.2 Å². The van der Waals surface area contributed by atoms with Gasteiger partial charge in [-0.1, -0.05) is 34.6 Å². The van der Waals surface area contributed by atoms with Crippen molar-refractivity contribution in [3.63, 3.8) is 0 Å². The van der Waals surface area contributed by atoms with Crippen molar-refractivity contribution in [1.29, 1.82) is 0 Å². The first-order chi connectivity index (χ1) is 9.81. The fourth-order valence-electron chi connectivity index (χ4n) is 3.03. The topological polar surface area (TPSA) is 28.2 Å². The average molecular weight is 289 g/mol. The van der Waals surface area contributed by atoms with Crippen LogP contribution in [0.5, 0.6) is 0 Å². The van der Waals surface area contributed by atoms with Crippen LogP contribution in [0.25, 0.3) is 0 Å². The zero-order chi connectivity index (χ0) is 15.6. The molecule has 0 radical (unpaired) electrons. The lowest BCUT2D eigenvalue weighted by molar-refractivity contribution is 0.263. The first kappa shape index (κ1) is 16.3. The first-order valence-corrected chi connectivity index (χ1v) is 8.21. The molecule has 118 valence electrons. The summed E-state index contributed by atoms with van der Waals surface area (Å²) in [6.45, 7) is 14.7. The Labute approximate surface area is 130 Å². The van der Waals surface area contributed by atoms with Crippen molar-refractivity contribution < 1.29 is 0 Å². The van der Waals surface area contributed by atoms with Crippen LogP contribution < -0.4 is 10.2 Å². The number of nitrogens with one attached hydrogen (secondary N) is 1. The van der Waals surface area contributed by atoms with Crippen LogP contribution in [0, 0.1) is 11.3 Å². The van der Waals surface area contributed by atoms with Gasteiger partial charge in [-0.3, -0.25) is 0 Å². The smallest absolute Gasteiger partial charge is 0.129 e. The maximum Gasteiger partial charge on any atom is 0.129 e. The van der Waals surface area contributed by atoms with Crippen molar-refractivity contribution in [2.45, 2.75) is 53.5 Å². The molecule has 1 aliphatic heterocycles. The summed E-state index contributed by atoms with van der Waals surface area (Å²) < 4.78 is 0. The molecule has 0 saturated carbocycles. The highest BCUT2D eigenvalue weighted by Crippen LogP contribution is 2.35. The van der Waals surface area contributed by atoms with Crippen LogP contribution in [0.3, 0.4) is 0 Å². The molecule has 3 heteroatoms. The number of hydrogen-bond acceptors (Lipinski definition) is 3. The van der Waals surface area contributed by atoms with Crippen molar-refractivity contribution in [3.05, 3.63) is 23.4 Å². The lowest BCUT2D eigenvalue weighted by Gasteiger charge is -2.27. The Morgan fingerprint density at radius 3 is 2.57 bits per heavy atom. The number of rotatable bonds is 4. The van der Waals surface area contributed by atoms with E-state index in [0.29, 0.717) is 11.3 Å². The Morgan fingerprint density at radius 2 is 2.05 bits per heavy atom. The maximum atomic E-state index is 4.91. The molecule has 1 atom stereocenters. The molecule has 1 aliphatic rings. The molecule has 1 unspecified atom stereocenters. The molecule has 0 bridgehead atoms. The highest BCUT2D eigenvalue weighted by atomic mass is 15.2. The van der Waals surface area contributed by atoms with Gasteiger partial charge in [-0.25, -0.2) is 4.98 Å². The van der Waals surface area contributed by atoms with E-state index in [9.17, 15) is 0 Å². The second-order valence-corrected chi connectivity index (χ2v) is 7.74. The summed E-state index contributed by atoms with van der Waals surface area (Å²) in [5.74, 6) is 2.40. The van der Waals surface area contributed by atoms with E-state index in [2.05, 4.69) is 57.0 Å². The molecule has 3 nitrogen and oxygen atoms in total. The van der Waals surface area contributed by atoms with Crippen molar-refractivity contribution >= 4 is 5.82 Å². The van der Waals surface area contributed by atoms with Crippen molar-refractivity contribution in [3.8, 4) is 0 Å². The summed E-state index contributed by atoms with van der Waals surface area (Å²) in [4.78, 5) is 7.38. The third kappa shape index (κ3) is 3.97. The fourth-order valence-corrected chi connectivity index (χ4v) is 3.03. The van der Waals surface area contributed by atoms with Gasteiger partial charge in [0, 0.05) is 25.3 Å². The third-order valence-corrected chi connectivity index (χ3v) is 4.60. The minimum atomic E-state index is 0.387. The SMILES string of the molecule is CNCc1cc(C(C)C)nc(N2CCC(C(C)(C)C)C2)c1. The zero-order valence-electron chi connectivity index (χ0n) is 14.5. The molecule has 0 spiro atoms. The van der Waals surface area contributed by atoms with E-state index in [1.165, 1.54) is 23.5 Å². The van der Waals surface area contributed by atoms with Gasteiger partial charge in [0.05, 0.1) is 0 Å². The second kappa shape index (κ2) is 6.35. The maximum absolute atomic E-state index is 4.91. The molecule has 1 fully saturated rings. The lowest BCUT2D eigenvalue weighted by Crippen LogP contribution is -2.26. The Bertz CT molecular complexity index is 474. The van der Waals surface area contributed by atoms with E-state index < -0.39 is 0 Å². The molecule has 1 N–H and O–H groups in total. The molecular formula is C18H31N3. The first-order valence-electron chi connectivity index (χ1n) is 8.21. The van der Waals surface area contributed by atoms with Gasteiger partial charge in [-0.2, -0.15) is 0 Å². The van der Waals surface area contributed by atoms with E-state index in [-0.39, 0.29) is 0 Å². The van der Waals surface area contributed by atoms with Crippen molar-refractivity contribution in [2.24, 2.45) is 11.3 Å². The molecule has 1 aromatic heterocycles. The van der Waals surface area contributed by atoms with Crippen LogP contribution in [-0.4, -0.2) is 25.1 Å². The van der Waals surface area contributed by atoms with Gasteiger partial charge in [0.25, 0.3) is 0 Å². The quantitative estimate of drug-likeness (QED) is 0.914. The molecule has 2 rings (SSSR count). The Hall–Kier alpha value is -1.09. The summed E-state index contributed by atoms with van der Waals surface area (Å²) in [5.41, 5.74) is 2.93. The number of nitrogens with zero attached hydrogens (tertiary/aromatic N) is 2. The highest BCUT2D eigenvalue weighted by Gasteiger charge is 2.32. The van der Waals surface area contributed by atoms with Crippen LogP contribution in [0.15, 0.2) is 12.1 Å². The van der Waals surface area contributed by atoms with Gasteiger partial charge in [0.15, 0.2) is 0 Å². The van der Waals surface area contributed by atoms with E-state index in [1.54, 1.807) is 0 Å². The van der Waals surface area contributed by atoms with Crippen molar-refractivity contribution in [2.75, 3.05) is 25.0 Å². The largest absolute Gasteiger partial charge is 0.356 e. The van der Waals surface area contributed by atoms with Crippen LogP contribution in [0.4, 0.5) is 5.82 Å². The molecule has 1 saturated heterocycles. The fraction of sp³-hybridized carbons (Fsp3) is 0.722. The molecular weight excluding hydrogens is 258 g/mol. The summed E-state index contributed by atoms with van der Waals surface area (Å²) in [7, 11) is 2.00. The zero-order valence-corrected chi connectivity index (χ0v) is 14.5. The highest BCUT2D eigenvalue weighted by molar-refractivity contribution is 5.44. The minimum absolute atomic E-state index is 0.387. The van der Waals surface area contributed by atoms with E-state index in [4.69, 9.17) is 4.98 Å². The molecule has 0 amide bonds. The lowest BCUT2D eigenvalue weighted by atomic mass is 9.80. The van der Waals surface area contributed by atoms with Crippen LogP contribution in [0.1, 0.15) is 58.2 Å². The predicted octanol–water partition coefficient (Wildman–Crippen LogP) is 3.80. The predicted molar refractivity (Wildman–Crippen MR) is 90.9 cm³/mol. The summed E-state index contributed by atoms with van der Waals surface area (Å²) in [5, 5.41) is 3.25. The molecule has 0 aliphatic carbocycles. The van der Waals surface area contributed by atoms with Gasteiger partial charge in [0.2, 0.25) is 0 Å². The third-order valence-electron chi connectivity index (χ3n) is 4.60. The molecule has 21 heavy (non-hydrogen) atoms. The summed E-state index contributed by atoms with van der Waals surface area (Å²) in [6.07, 6.45) is 1.28. The Morgan fingerprint density at radius 1 is 1.33 bits per heavy atom. The number of anilines is 1. The number of hydrogen-bond donors (Lipinski definition) is 1. The van der Waals surface area contributed by atoms with E-state index >= 15 is 0 Å². The second-order valence-electron chi connectivity index (χ2n) is 7.74. The molecule has 1 aromatic rings. The minimum Gasteiger partial charge on any atom is -0.356 e. The molecule has 0 aromatic carbocycles. The van der Waals surface area contributed by atoms with Gasteiger partial charge >= 0.3 is 0 Å².